The second-order valence-corrected chi connectivity index (χ2v) is 9.51. The molecule has 104 valence electrons. The summed E-state index contributed by atoms with van der Waals surface area (Å²) in [5, 5.41) is 11.7. The zero-order valence-corrected chi connectivity index (χ0v) is 12.9. The highest BCUT2D eigenvalue weighted by molar-refractivity contribution is 6.69. The number of hydrogen-bond donors (Lipinski definition) is 0. The molecule has 0 heterocycles. The van der Waals surface area contributed by atoms with Crippen molar-refractivity contribution >= 4 is 20.3 Å². The first-order valence-electron chi connectivity index (χ1n) is 5.94. The monoisotopic (exact) mass is 273 g/mol. The molecule has 0 saturated heterocycles. The van der Waals surface area contributed by atoms with E-state index in [-0.39, 0.29) is 18.8 Å². The minimum absolute atomic E-state index is 0.177. The van der Waals surface area contributed by atoms with Crippen molar-refractivity contribution in [3.05, 3.63) is 17.9 Å². The Hall–Kier alpha value is -1.14. The molecule has 0 aliphatic rings. The van der Waals surface area contributed by atoms with Crippen molar-refractivity contribution < 1.29 is 19.0 Å². The van der Waals surface area contributed by atoms with Gasteiger partial charge in [0, 0.05) is 11.3 Å². The number of ether oxygens (including phenoxy) is 1. The summed E-state index contributed by atoms with van der Waals surface area (Å²) in [5.74, 6) is -0.177. The molecular weight excluding hydrogens is 250 g/mol. The number of hydrogen-bond acceptors (Lipinski definition) is 4. The molecule has 0 N–H and O–H groups in total. The molecule has 0 spiro atoms. The number of Topliss-reactive ketones (excluding diaryl/α,β-unsaturated/α-hetero) is 1. The van der Waals surface area contributed by atoms with E-state index in [4.69, 9.17) is 9.26 Å². The molecule has 6 heteroatoms. The summed E-state index contributed by atoms with van der Waals surface area (Å²) < 4.78 is 10.6. The molecule has 0 amide bonds. The summed E-state index contributed by atoms with van der Waals surface area (Å²) in [5.41, 5.74) is -1.27. The molecule has 1 unspecified atom stereocenters. The van der Waals surface area contributed by atoms with Crippen LogP contribution in [0.4, 0.5) is 0 Å². The lowest BCUT2D eigenvalue weighted by Crippen LogP contribution is -2.44. The second kappa shape index (κ2) is 6.70. The number of carbonyl (C=O) groups is 1. The number of nitrogens with zero attached hydrogens (tertiary/aromatic N) is 1. The van der Waals surface area contributed by atoms with Gasteiger partial charge < -0.3 is 9.26 Å². The maximum Gasteiger partial charge on any atom is 0.248 e. The third kappa shape index (κ3) is 5.97. The highest BCUT2D eigenvalue weighted by Crippen LogP contribution is 2.13. The maximum absolute atomic E-state index is 11.8. The molecular formula is C12H23NO4Si. The van der Waals surface area contributed by atoms with Crippen LogP contribution in [0.5, 0.6) is 0 Å². The van der Waals surface area contributed by atoms with Crippen LogP contribution in [0.1, 0.15) is 20.3 Å². The van der Waals surface area contributed by atoms with Crippen LogP contribution in [0.25, 0.3) is 0 Å². The van der Waals surface area contributed by atoms with Crippen LogP contribution in [-0.4, -0.2) is 37.4 Å². The number of carbonyl (C=O) groups excluding carboxylic acids is 1. The van der Waals surface area contributed by atoms with Gasteiger partial charge in [-0.2, -0.15) is 0 Å². The molecule has 1 atom stereocenters. The zero-order valence-electron chi connectivity index (χ0n) is 11.9. The van der Waals surface area contributed by atoms with Crippen LogP contribution in [0, 0.1) is 5.21 Å². The molecule has 0 aromatic carbocycles. The average molecular weight is 273 g/mol. The minimum Gasteiger partial charge on any atom is -0.443 e. The van der Waals surface area contributed by atoms with Gasteiger partial charge >= 0.3 is 0 Å². The zero-order chi connectivity index (χ0) is 14.4. The van der Waals surface area contributed by atoms with Crippen molar-refractivity contribution in [3.8, 4) is 0 Å². The summed E-state index contributed by atoms with van der Waals surface area (Å²) in [6, 6.07) is 0. The van der Waals surface area contributed by atoms with Gasteiger partial charge in [0.05, 0.1) is 6.61 Å². The highest BCUT2D eigenvalue weighted by atomic mass is 28.4. The normalized spacial score (nSPS) is 15.9. The fourth-order valence-corrected chi connectivity index (χ4v) is 1.86. The number of ketones is 1. The Morgan fingerprint density at radius 3 is 2.44 bits per heavy atom. The molecule has 5 nitrogen and oxygen atoms in total. The Labute approximate surface area is 110 Å². The van der Waals surface area contributed by atoms with Crippen LogP contribution >= 0.6 is 0 Å². The van der Waals surface area contributed by atoms with Crippen molar-refractivity contribution in [1.82, 2.24) is 0 Å². The lowest BCUT2D eigenvalue weighted by molar-refractivity contribution is -0.702. The predicted octanol–water partition coefficient (Wildman–Crippen LogP) is 2.27. The molecule has 0 aromatic heterocycles. The van der Waals surface area contributed by atoms with Gasteiger partial charge in [-0.3, -0.25) is 10.0 Å². The average Bonchev–Trinajstić information content (AvgIpc) is 2.22. The second-order valence-electron chi connectivity index (χ2n) is 5.10. The fraction of sp³-hybridized carbons (Fsp3) is 0.667. The van der Waals surface area contributed by atoms with Gasteiger partial charge in [0.1, 0.15) is 0 Å². The van der Waals surface area contributed by atoms with Gasteiger partial charge in [-0.1, -0.05) is 32.6 Å². The lowest BCUT2D eigenvalue weighted by Gasteiger charge is -2.24. The first-order chi connectivity index (χ1) is 8.14. The Morgan fingerprint density at radius 2 is 2.06 bits per heavy atom. The van der Waals surface area contributed by atoms with Crippen LogP contribution in [0.15, 0.2) is 12.7 Å². The molecule has 0 radical (unpaired) electrons. The molecule has 0 saturated carbocycles. The summed E-state index contributed by atoms with van der Waals surface area (Å²) in [6.45, 7) is 12.6. The lowest BCUT2D eigenvalue weighted by atomic mass is 10.0. The molecule has 0 aromatic rings. The van der Waals surface area contributed by atoms with Crippen molar-refractivity contribution in [2.24, 2.45) is 0 Å². The predicted molar refractivity (Wildman–Crippen MR) is 74.0 cm³/mol. The highest BCUT2D eigenvalue weighted by Gasteiger charge is 2.36. The molecule has 0 bridgehead atoms. The van der Waals surface area contributed by atoms with E-state index in [1.165, 1.54) is 6.08 Å². The SMILES string of the molecule is C=CCOC(C)(/C=[N+](\[O-])O[Si](C)(C)C)C(=O)CC. The fourth-order valence-electron chi connectivity index (χ4n) is 1.27. The summed E-state index contributed by atoms with van der Waals surface area (Å²) in [4.78, 5) is 12.2. The van der Waals surface area contributed by atoms with E-state index in [1.54, 1.807) is 13.8 Å². The van der Waals surface area contributed by atoms with E-state index >= 15 is 0 Å². The maximum atomic E-state index is 11.8. The standard InChI is InChI=1S/C12H23NO4Si/c1-7-9-16-12(3,11(14)8-2)10-13(15)17-18(4,5)6/h7,10H,1,8-9H2,2-6H3/b13-10+. The Morgan fingerprint density at radius 1 is 1.50 bits per heavy atom. The first kappa shape index (κ1) is 16.9. The summed E-state index contributed by atoms with van der Waals surface area (Å²) in [7, 11) is -2.00. The minimum atomic E-state index is -2.00. The van der Waals surface area contributed by atoms with Crippen LogP contribution in [0.3, 0.4) is 0 Å². The van der Waals surface area contributed by atoms with Crippen LogP contribution < -0.4 is 0 Å². The summed E-state index contributed by atoms with van der Waals surface area (Å²) in [6.07, 6.45) is 2.95. The van der Waals surface area contributed by atoms with Crippen molar-refractivity contribution in [3.63, 3.8) is 0 Å². The molecule has 0 fully saturated rings. The van der Waals surface area contributed by atoms with Crippen molar-refractivity contribution in [1.29, 1.82) is 0 Å². The Kier molecular flexibility index (Phi) is 6.27. The van der Waals surface area contributed by atoms with Crippen LogP contribution in [-0.2, 0) is 14.1 Å². The van der Waals surface area contributed by atoms with Gasteiger partial charge in [-0.15, -0.1) is 6.58 Å². The van der Waals surface area contributed by atoms with E-state index in [0.29, 0.717) is 4.90 Å². The topological polar surface area (TPSA) is 61.6 Å². The van der Waals surface area contributed by atoms with E-state index in [9.17, 15) is 10.0 Å². The van der Waals surface area contributed by atoms with E-state index in [0.717, 1.165) is 6.21 Å². The van der Waals surface area contributed by atoms with Gasteiger partial charge in [0.2, 0.25) is 11.8 Å². The van der Waals surface area contributed by atoms with Gasteiger partial charge in [0.25, 0.3) is 0 Å². The molecule has 0 rings (SSSR count). The largest absolute Gasteiger partial charge is 0.443 e. The van der Waals surface area contributed by atoms with Crippen LogP contribution in [0.2, 0.25) is 19.6 Å². The van der Waals surface area contributed by atoms with E-state index in [2.05, 4.69) is 6.58 Å². The summed E-state index contributed by atoms with van der Waals surface area (Å²) >= 11 is 0. The smallest absolute Gasteiger partial charge is 0.248 e. The van der Waals surface area contributed by atoms with Gasteiger partial charge in [0.15, 0.2) is 14.1 Å². The Bertz CT molecular complexity index is 335. The van der Waals surface area contributed by atoms with Crippen molar-refractivity contribution in [2.75, 3.05) is 6.61 Å². The Balaban J connectivity index is 5.03. The van der Waals surface area contributed by atoms with Gasteiger partial charge in [-0.25, -0.2) is 0 Å². The number of rotatable bonds is 8. The van der Waals surface area contributed by atoms with E-state index in [1.807, 2.05) is 19.6 Å². The third-order valence-corrected chi connectivity index (χ3v) is 2.82. The van der Waals surface area contributed by atoms with E-state index < -0.39 is 13.9 Å². The third-order valence-electron chi connectivity index (χ3n) is 2.09. The first-order valence-corrected chi connectivity index (χ1v) is 9.35. The van der Waals surface area contributed by atoms with Gasteiger partial charge in [-0.05, 0) is 6.92 Å². The van der Waals surface area contributed by atoms with Crippen molar-refractivity contribution in [2.45, 2.75) is 45.5 Å². The quantitative estimate of drug-likeness (QED) is 0.224. The molecule has 0 aliphatic carbocycles. The molecule has 0 aliphatic heterocycles. The molecule has 18 heavy (non-hydrogen) atoms.